The summed E-state index contributed by atoms with van der Waals surface area (Å²) in [5.41, 5.74) is 0. The van der Waals surface area contributed by atoms with Crippen molar-refractivity contribution in [2.24, 2.45) is 0 Å². The first-order valence-corrected chi connectivity index (χ1v) is 2.16. The van der Waals surface area contributed by atoms with Crippen molar-refractivity contribution >= 4 is 12.6 Å². The fourth-order valence-corrected chi connectivity index (χ4v) is 0. The molecule has 0 rings (SSSR count). The Kier molecular flexibility index (Phi) is 18.9. The second-order valence-electron chi connectivity index (χ2n) is 0.724. The number of hydrogen-bond donors (Lipinski definition) is 1. The van der Waals surface area contributed by atoms with E-state index >= 15 is 0 Å². The molecular weight excluding hydrogens is 107 g/mol. The third-order valence-corrected chi connectivity index (χ3v) is 0.671. The summed E-state index contributed by atoms with van der Waals surface area (Å²) < 4.78 is 0. The van der Waals surface area contributed by atoms with E-state index in [4.69, 9.17) is 0 Å². The molecule has 0 heterocycles. The molecule has 0 radical (unpaired) electrons. The Hall–Kier alpha value is 1.99. The number of hydrogen-bond acceptors (Lipinski definition) is 1. The second-order valence-corrected chi connectivity index (χ2v) is 1.17. The molecule has 0 aliphatic carbocycles. The van der Waals surface area contributed by atoms with Crippen molar-refractivity contribution in [2.75, 3.05) is 5.75 Å². The minimum atomic E-state index is 0. The molecule has 0 aliphatic rings. The molecule has 0 N–H and O–H groups in total. The summed E-state index contributed by atoms with van der Waals surface area (Å²) >= 11 is 3.92. The van der Waals surface area contributed by atoms with Crippen LogP contribution in [0.25, 0.3) is 0 Å². The van der Waals surface area contributed by atoms with Crippen molar-refractivity contribution in [2.45, 2.75) is 13.3 Å². The molecule has 0 amide bonds. The van der Waals surface area contributed by atoms with E-state index in [1.807, 2.05) is 0 Å². The van der Waals surface area contributed by atoms with Crippen molar-refractivity contribution < 1.29 is 51.4 Å². The summed E-state index contributed by atoms with van der Waals surface area (Å²) in [5, 5.41) is 0. The molecule has 0 aromatic carbocycles. The molecule has 0 unspecified atom stereocenters. The van der Waals surface area contributed by atoms with Gasteiger partial charge in [-0.2, -0.15) is 12.6 Å². The van der Waals surface area contributed by atoms with Crippen molar-refractivity contribution in [1.82, 2.24) is 0 Å². The van der Waals surface area contributed by atoms with E-state index in [2.05, 4.69) is 19.6 Å². The van der Waals surface area contributed by atoms with Gasteiger partial charge in [-0.15, -0.1) is 0 Å². The zero-order valence-electron chi connectivity index (χ0n) is 3.86. The van der Waals surface area contributed by atoms with Crippen molar-refractivity contribution in [3.63, 3.8) is 0 Å². The molecule has 0 spiro atoms. The van der Waals surface area contributed by atoms with Crippen LogP contribution in [-0.4, -0.2) is 5.75 Å². The van der Waals surface area contributed by atoms with E-state index < -0.39 is 0 Å². The summed E-state index contributed by atoms with van der Waals surface area (Å²) in [5.74, 6) is 1.01. The molecule has 0 aliphatic heterocycles. The van der Waals surface area contributed by atoms with Crippen LogP contribution in [0.2, 0.25) is 0 Å². The molecule has 0 fully saturated rings. The van der Waals surface area contributed by atoms with Crippen LogP contribution in [0.15, 0.2) is 0 Å². The molecule has 2 heteroatoms. The minimum Gasteiger partial charge on any atom is -0.179 e. The second kappa shape index (κ2) is 9.37. The van der Waals surface area contributed by atoms with Gasteiger partial charge in [0.1, 0.15) is 0 Å². The third kappa shape index (κ3) is 10.7. The summed E-state index contributed by atoms with van der Waals surface area (Å²) in [6.07, 6.45) is 1.18. The van der Waals surface area contributed by atoms with Crippen LogP contribution >= 0.6 is 12.6 Å². The van der Waals surface area contributed by atoms with Gasteiger partial charge in [0.25, 0.3) is 0 Å². The standard InChI is InChI=1S/C3H8S.K/c1-2-3-4;/h4H,2-3H2,1H3;/q;+1. The van der Waals surface area contributed by atoms with Gasteiger partial charge < -0.3 is 0 Å². The number of rotatable bonds is 1. The van der Waals surface area contributed by atoms with Crippen molar-refractivity contribution in [1.29, 1.82) is 0 Å². The van der Waals surface area contributed by atoms with Gasteiger partial charge in [-0.05, 0) is 12.2 Å². The van der Waals surface area contributed by atoms with Gasteiger partial charge >= 0.3 is 51.4 Å². The van der Waals surface area contributed by atoms with Crippen LogP contribution < -0.4 is 51.4 Å². The maximum Gasteiger partial charge on any atom is 1.00 e. The van der Waals surface area contributed by atoms with Gasteiger partial charge in [-0.25, -0.2) is 0 Å². The SMILES string of the molecule is CCCS.[K+]. The Morgan fingerprint density at radius 3 is 1.80 bits per heavy atom. The van der Waals surface area contributed by atoms with E-state index in [9.17, 15) is 0 Å². The fourth-order valence-electron chi connectivity index (χ4n) is 0. The quantitative estimate of drug-likeness (QED) is 0.307. The fraction of sp³-hybridized carbons (Fsp3) is 1.00. The summed E-state index contributed by atoms with van der Waals surface area (Å²) in [4.78, 5) is 0. The molecule has 0 saturated carbocycles. The van der Waals surface area contributed by atoms with Crippen LogP contribution in [0.1, 0.15) is 13.3 Å². The van der Waals surface area contributed by atoms with Gasteiger partial charge in [-0.1, -0.05) is 6.92 Å². The molecule has 26 valence electrons. The average molecular weight is 115 g/mol. The largest absolute Gasteiger partial charge is 1.00 e. The van der Waals surface area contributed by atoms with Crippen LogP contribution in [0, 0.1) is 0 Å². The molecule has 0 atom stereocenters. The van der Waals surface area contributed by atoms with E-state index in [-0.39, 0.29) is 51.4 Å². The van der Waals surface area contributed by atoms with Crippen LogP contribution in [-0.2, 0) is 0 Å². The maximum absolute atomic E-state index is 3.92. The molecule has 0 bridgehead atoms. The maximum atomic E-state index is 3.92. The third-order valence-electron chi connectivity index (χ3n) is 0.224. The van der Waals surface area contributed by atoms with E-state index in [1.54, 1.807) is 0 Å². The normalized spacial score (nSPS) is 6.00. The molecule has 5 heavy (non-hydrogen) atoms. The van der Waals surface area contributed by atoms with Gasteiger partial charge in [0.05, 0.1) is 0 Å². The van der Waals surface area contributed by atoms with Crippen LogP contribution in [0.5, 0.6) is 0 Å². The summed E-state index contributed by atoms with van der Waals surface area (Å²) in [6.45, 7) is 2.10. The van der Waals surface area contributed by atoms with E-state index in [0.717, 1.165) is 5.75 Å². The smallest absolute Gasteiger partial charge is 0.179 e. The minimum absolute atomic E-state index is 0. The molecule has 0 nitrogen and oxygen atoms in total. The average Bonchev–Trinajstić information content (AvgIpc) is 1.37. The summed E-state index contributed by atoms with van der Waals surface area (Å²) in [7, 11) is 0. The summed E-state index contributed by atoms with van der Waals surface area (Å²) in [6, 6.07) is 0. The molecule has 0 saturated heterocycles. The van der Waals surface area contributed by atoms with Crippen molar-refractivity contribution in [3.8, 4) is 0 Å². The van der Waals surface area contributed by atoms with Gasteiger partial charge in [-0.3, -0.25) is 0 Å². The predicted octanol–water partition coefficient (Wildman–Crippen LogP) is -1.67. The van der Waals surface area contributed by atoms with Crippen molar-refractivity contribution in [3.05, 3.63) is 0 Å². The van der Waals surface area contributed by atoms with Gasteiger partial charge in [0, 0.05) is 0 Å². The van der Waals surface area contributed by atoms with E-state index in [1.165, 1.54) is 6.42 Å². The van der Waals surface area contributed by atoms with Crippen LogP contribution in [0.4, 0.5) is 0 Å². The van der Waals surface area contributed by atoms with E-state index in [0.29, 0.717) is 0 Å². The topological polar surface area (TPSA) is 0 Å². The zero-order valence-corrected chi connectivity index (χ0v) is 7.88. The molecule has 0 aromatic rings. The number of thiol groups is 1. The predicted molar refractivity (Wildman–Crippen MR) is 24.1 cm³/mol. The van der Waals surface area contributed by atoms with Gasteiger partial charge in [0.15, 0.2) is 0 Å². The first kappa shape index (κ1) is 10.1. The van der Waals surface area contributed by atoms with Gasteiger partial charge in [0.2, 0.25) is 0 Å². The monoisotopic (exact) mass is 115 g/mol. The Morgan fingerprint density at radius 2 is 1.80 bits per heavy atom. The Balaban J connectivity index is 0. The zero-order chi connectivity index (χ0) is 3.41. The first-order valence-electron chi connectivity index (χ1n) is 1.52. The molecular formula is C3H8KS+. The molecule has 0 aromatic heterocycles. The first-order chi connectivity index (χ1) is 1.91. The Labute approximate surface area is 81.5 Å². The Morgan fingerprint density at radius 1 is 1.60 bits per heavy atom. The van der Waals surface area contributed by atoms with Crippen LogP contribution in [0.3, 0.4) is 0 Å². The Bertz CT molecular complexity index is 8.85.